The highest BCUT2D eigenvalue weighted by Gasteiger charge is 2.14. The molecule has 0 spiro atoms. The molecule has 0 aliphatic carbocycles. The Morgan fingerprint density at radius 3 is 1.14 bits per heavy atom. The molecule has 0 saturated carbocycles. The van der Waals surface area contributed by atoms with Gasteiger partial charge in [-0.05, 0) is 85.6 Å². The van der Waals surface area contributed by atoms with Crippen LogP contribution < -0.4 is 9.44 Å². The first-order valence-electron chi connectivity index (χ1n) is 13.6. The summed E-state index contributed by atoms with van der Waals surface area (Å²) in [5.41, 5.74) is 0.847. The number of hydrogen-bond donors (Lipinski definition) is 2. The van der Waals surface area contributed by atoms with Gasteiger partial charge in [0.15, 0.2) is 11.6 Å². The maximum absolute atomic E-state index is 12.8. The average Bonchev–Trinajstić information content (AvgIpc) is 3.03. The molecule has 0 unspecified atom stereocenters. The molecule has 4 rings (SSSR count). The second-order valence-electron chi connectivity index (χ2n) is 9.49. The third kappa shape index (κ3) is 11.2. The van der Waals surface area contributed by atoms with Gasteiger partial charge in [0.2, 0.25) is 20.0 Å². The molecule has 0 bridgehead atoms. The second-order valence-corrected chi connectivity index (χ2v) is 13.0. The Hall–Kier alpha value is -4.10. The standard InChI is InChI=1S/2C16H16FNO3S/c2*17-14-10-8-13(9-11-14)16(19)7-4-12-18-22(20,21)15-5-2-1-3-6-15/h2*1-3,5-6,8-11,18H,4,7,12H2. The first-order chi connectivity index (χ1) is 21.0. The van der Waals surface area contributed by atoms with Gasteiger partial charge in [0.05, 0.1) is 9.79 Å². The van der Waals surface area contributed by atoms with Crippen molar-refractivity contribution in [3.63, 3.8) is 0 Å². The number of rotatable bonds is 14. The van der Waals surface area contributed by atoms with Crippen molar-refractivity contribution in [3.8, 4) is 0 Å². The van der Waals surface area contributed by atoms with Gasteiger partial charge in [0.25, 0.3) is 0 Å². The molecule has 44 heavy (non-hydrogen) atoms. The SMILES string of the molecule is O=C(CCCNS(=O)(=O)c1ccccc1)c1ccc(F)cc1.O=C(CCCNS(=O)(=O)c1ccccc1)c1ccc(F)cc1. The highest BCUT2D eigenvalue weighted by atomic mass is 32.2. The lowest BCUT2D eigenvalue weighted by molar-refractivity contribution is 0.0972. The van der Waals surface area contributed by atoms with Crippen molar-refractivity contribution < 1.29 is 35.2 Å². The predicted molar refractivity (Wildman–Crippen MR) is 163 cm³/mol. The number of carbonyl (C=O) groups excluding carboxylic acids is 2. The number of benzene rings is 4. The van der Waals surface area contributed by atoms with E-state index in [-0.39, 0.29) is 47.3 Å². The molecule has 4 aromatic carbocycles. The van der Waals surface area contributed by atoms with Crippen LogP contribution in [-0.4, -0.2) is 41.5 Å². The van der Waals surface area contributed by atoms with Gasteiger partial charge >= 0.3 is 0 Å². The van der Waals surface area contributed by atoms with Crippen molar-refractivity contribution in [3.05, 3.63) is 132 Å². The molecule has 4 aromatic rings. The Labute approximate surface area is 256 Å². The van der Waals surface area contributed by atoms with Gasteiger partial charge in [-0.25, -0.2) is 35.1 Å². The maximum Gasteiger partial charge on any atom is 0.240 e. The number of ketones is 2. The molecule has 0 atom stereocenters. The molecule has 0 amide bonds. The molecule has 12 heteroatoms. The van der Waals surface area contributed by atoms with Crippen molar-refractivity contribution in [1.82, 2.24) is 9.44 Å². The second kappa shape index (κ2) is 16.7. The van der Waals surface area contributed by atoms with Gasteiger partial charge in [-0.15, -0.1) is 0 Å². The molecule has 0 fully saturated rings. The highest BCUT2D eigenvalue weighted by molar-refractivity contribution is 7.89. The summed E-state index contributed by atoms with van der Waals surface area (Å²) in [4.78, 5) is 24.1. The number of Topliss-reactive ketones (excluding diaryl/α,β-unsaturated/α-hetero) is 2. The minimum atomic E-state index is -3.54. The zero-order chi connectivity index (χ0) is 32.0. The largest absolute Gasteiger partial charge is 0.294 e. The first kappa shape index (κ1) is 34.4. The van der Waals surface area contributed by atoms with Crippen molar-refractivity contribution in [2.45, 2.75) is 35.5 Å². The van der Waals surface area contributed by atoms with Crippen LogP contribution in [0.15, 0.2) is 119 Å². The third-order valence-corrected chi connectivity index (χ3v) is 9.14. The van der Waals surface area contributed by atoms with E-state index in [1.807, 2.05) is 0 Å². The van der Waals surface area contributed by atoms with E-state index in [4.69, 9.17) is 0 Å². The van der Waals surface area contributed by atoms with Crippen LogP contribution in [0.1, 0.15) is 46.4 Å². The third-order valence-electron chi connectivity index (χ3n) is 6.18. The van der Waals surface area contributed by atoms with E-state index in [1.165, 1.54) is 72.8 Å². The van der Waals surface area contributed by atoms with Gasteiger partial charge < -0.3 is 0 Å². The van der Waals surface area contributed by atoms with E-state index >= 15 is 0 Å². The number of nitrogens with one attached hydrogen (secondary N) is 2. The van der Waals surface area contributed by atoms with Crippen LogP contribution in [0.2, 0.25) is 0 Å². The molecule has 232 valence electrons. The molecular weight excluding hydrogens is 610 g/mol. The molecular formula is C32H32F2N2O6S2. The van der Waals surface area contributed by atoms with Gasteiger partial charge in [-0.1, -0.05) is 36.4 Å². The quantitative estimate of drug-likeness (QED) is 0.138. The molecule has 0 saturated heterocycles. The number of hydrogen-bond acceptors (Lipinski definition) is 6. The first-order valence-corrected chi connectivity index (χ1v) is 16.6. The predicted octanol–water partition coefficient (Wildman–Crippen LogP) is 5.53. The van der Waals surface area contributed by atoms with Crippen molar-refractivity contribution >= 4 is 31.6 Å². The van der Waals surface area contributed by atoms with E-state index < -0.39 is 31.7 Å². The van der Waals surface area contributed by atoms with E-state index in [0.717, 1.165) is 0 Å². The van der Waals surface area contributed by atoms with Gasteiger partial charge in [0.1, 0.15) is 11.6 Å². The lowest BCUT2D eigenvalue weighted by atomic mass is 10.1. The number of carbonyl (C=O) groups is 2. The van der Waals surface area contributed by atoms with Crippen LogP contribution >= 0.6 is 0 Å². The summed E-state index contributed by atoms with van der Waals surface area (Å²) in [7, 11) is -7.08. The summed E-state index contributed by atoms with van der Waals surface area (Å²) in [5, 5.41) is 0. The van der Waals surface area contributed by atoms with Crippen LogP contribution in [0.3, 0.4) is 0 Å². The Bertz CT molecular complexity index is 1590. The maximum atomic E-state index is 12.8. The molecule has 0 radical (unpaired) electrons. The zero-order valence-electron chi connectivity index (χ0n) is 23.7. The summed E-state index contributed by atoms with van der Waals surface area (Å²) >= 11 is 0. The normalized spacial score (nSPS) is 11.3. The van der Waals surface area contributed by atoms with Gasteiger partial charge in [0, 0.05) is 37.1 Å². The topological polar surface area (TPSA) is 126 Å². The summed E-state index contributed by atoms with van der Waals surface area (Å²) in [6.07, 6.45) is 1.15. The summed E-state index contributed by atoms with van der Waals surface area (Å²) in [5.74, 6) is -1.07. The summed E-state index contributed by atoms with van der Waals surface area (Å²) in [6.45, 7) is 0.342. The van der Waals surface area contributed by atoms with Crippen LogP contribution in [0, 0.1) is 11.6 Å². The molecule has 2 N–H and O–H groups in total. The van der Waals surface area contributed by atoms with Gasteiger partial charge in [-0.2, -0.15) is 0 Å². The molecule has 0 aliphatic rings. The molecule has 0 heterocycles. The summed E-state index contributed by atoms with van der Waals surface area (Å²) in [6, 6.07) is 26.7. The Morgan fingerprint density at radius 1 is 0.500 bits per heavy atom. The minimum Gasteiger partial charge on any atom is -0.294 e. The lowest BCUT2D eigenvalue weighted by Gasteiger charge is -2.06. The van der Waals surface area contributed by atoms with E-state index in [0.29, 0.717) is 24.0 Å². The average molecular weight is 643 g/mol. The van der Waals surface area contributed by atoms with Crippen molar-refractivity contribution in [2.75, 3.05) is 13.1 Å². The van der Waals surface area contributed by atoms with Crippen molar-refractivity contribution in [2.24, 2.45) is 0 Å². The fraction of sp³-hybridized carbons (Fsp3) is 0.188. The number of halogens is 2. The molecule has 0 aromatic heterocycles. The number of sulfonamides is 2. The fourth-order valence-corrected chi connectivity index (χ4v) is 6.03. The Morgan fingerprint density at radius 2 is 0.818 bits per heavy atom. The van der Waals surface area contributed by atoms with Gasteiger partial charge in [-0.3, -0.25) is 9.59 Å². The summed E-state index contributed by atoms with van der Waals surface area (Å²) < 4.78 is 78.2. The van der Waals surface area contributed by atoms with E-state index in [2.05, 4.69) is 9.44 Å². The minimum absolute atomic E-state index is 0.140. The van der Waals surface area contributed by atoms with Crippen LogP contribution in [0.5, 0.6) is 0 Å². The lowest BCUT2D eigenvalue weighted by Crippen LogP contribution is -2.25. The fourth-order valence-electron chi connectivity index (χ4n) is 3.84. The Kier molecular flexibility index (Phi) is 13.0. The van der Waals surface area contributed by atoms with E-state index in [1.54, 1.807) is 36.4 Å². The zero-order valence-corrected chi connectivity index (χ0v) is 25.3. The Balaban J connectivity index is 0.000000240. The smallest absolute Gasteiger partial charge is 0.240 e. The molecule has 8 nitrogen and oxygen atoms in total. The van der Waals surface area contributed by atoms with Crippen LogP contribution in [0.25, 0.3) is 0 Å². The van der Waals surface area contributed by atoms with Crippen LogP contribution in [-0.2, 0) is 20.0 Å². The molecule has 0 aliphatic heterocycles. The van der Waals surface area contributed by atoms with Crippen molar-refractivity contribution in [1.29, 1.82) is 0 Å². The highest BCUT2D eigenvalue weighted by Crippen LogP contribution is 2.11. The van der Waals surface area contributed by atoms with E-state index in [9.17, 15) is 35.2 Å². The van der Waals surface area contributed by atoms with Crippen LogP contribution in [0.4, 0.5) is 8.78 Å². The monoisotopic (exact) mass is 642 g/mol.